The maximum atomic E-state index is 13.2. The summed E-state index contributed by atoms with van der Waals surface area (Å²) in [6.45, 7) is 0.845. The molecule has 0 radical (unpaired) electrons. The summed E-state index contributed by atoms with van der Waals surface area (Å²) in [5.41, 5.74) is 0.791. The monoisotopic (exact) mass is 344 g/mol. The maximum Gasteiger partial charge on any atom is 0.253 e. The zero-order valence-corrected chi connectivity index (χ0v) is 13.5. The van der Waals surface area contributed by atoms with Crippen molar-refractivity contribution in [2.24, 2.45) is 5.92 Å². The largest absolute Gasteiger partial charge is 0.338 e. The number of nitrogens with zero attached hydrogens (tertiary/aromatic N) is 1. The number of rotatable bonds is 3. The number of hydrogen-bond donors (Lipinski definition) is 1. The molecule has 0 spiro atoms. The third-order valence-corrected chi connectivity index (χ3v) is 4.26. The molecule has 1 unspecified atom stereocenters. The molecule has 6 heteroatoms. The maximum absolute atomic E-state index is 13.2. The highest BCUT2D eigenvalue weighted by Gasteiger charge is 2.29. The van der Waals surface area contributed by atoms with Crippen molar-refractivity contribution in [2.45, 2.75) is 12.8 Å². The number of piperidine rings is 1. The summed E-state index contributed by atoms with van der Waals surface area (Å²) in [5.74, 6) is -1.64. The van der Waals surface area contributed by atoms with E-state index in [0.29, 0.717) is 30.6 Å². The van der Waals surface area contributed by atoms with Crippen LogP contribution in [-0.4, -0.2) is 29.8 Å². The topological polar surface area (TPSA) is 49.4 Å². The van der Waals surface area contributed by atoms with Crippen molar-refractivity contribution < 1.29 is 18.4 Å². The smallest absolute Gasteiger partial charge is 0.253 e. The Kier molecular flexibility index (Phi) is 5.07. The third-order valence-electron chi connectivity index (χ3n) is 4.26. The molecule has 1 heterocycles. The third kappa shape index (κ3) is 4.21. The van der Waals surface area contributed by atoms with Crippen LogP contribution in [0.15, 0.2) is 48.5 Å². The van der Waals surface area contributed by atoms with E-state index in [9.17, 15) is 18.4 Å². The Balaban J connectivity index is 1.65. The number of carbonyl (C=O) groups excluding carboxylic acids is 2. The first-order valence-corrected chi connectivity index (χ1v) is 8.14. The summed E-state index contributed by atoms with van der Waals surface area (Å²) < 4.78 is 26.2. The van der Waals surface area contributed by atoms with Gasteiger partial charge in [-0.2, -0.15) is 0 Å². The van der Waals surface area contributed by atoms with Crippen molar-refractivity contribution in [3.63, 3.8) is 0 Å². The van der Waals surface area contributed by atoms with Crippen LogP contribution in [0.4, 0.5) is 14.5 Å². The number of halogens is 2. The molecular formula is C19H18F2N2O2. The Morgan fingerprint density at radius 1 is 1.04 bits per heavy atom. The van der Waals surface area contributed by atoms with Crippen molar-refractivity contribution in [1.29, 1.82) is 0 Å². The number of likely N-dealkylation sites (tertiary alicyclic amines) is 1. The summed E-state index contributed by atoms with van der Waals surface area (Å²) in [7, 11) is 0. The van der Waals surface area contributed by atoms with Gasteiger partial charge in [-0.1, -0.05) is 6.07 Å². The fraction of sp³-hybridized carbons (Fsp3) is 0.263. The van der Waals surface area contributed by atoms with Crippen LogP contribution in [-0.2, 0) is 4.79 Å². The Bertz CT molecular complexity index is 777. The summed E-state index contributed by atoms with van der Waals surface area (Å²) in [5, 5.41) is 2.69. The predicted octanol–water partition coefficient (Wildman–Crippen LogP) is 3.46. The molecule has 0 bridgehead atoms. The number of anilines is 1. The first-order chi connectivity index (χ1) is 12.0. The second-order valence-electron chi connectivity index (χ2n) is 6.10. The first kappa shape index (κ1) is 17.1. The van der Waals surface area contributed by atoms with E-state index in [4.69, 9.17) is 0 Å². The molecule has 25 heavy (non-hydrogen) atoms. The van der Waals surface area contributed by atoms with Gasteiger partial charge in [0.2, 0.25) is 5.91 Å². The zero-order valence-electron chi connectivity index (χ0n) is 13.5. The van der Waals surface area contributed by atoms with Crippen LogP contribution in [0.25, 0.3) is 0 Å². The highest BCUT2D eigenvalue weighted by molar-refractivity contribution is 5.96. The van der Waals surface area contributed by atoms with Gasteiger partial charge < -0.3 is 10.2 Å². The number of nitrogens with one attached hydrogen (secondary N) is 1. The highest BCUT2D eigenvalue weighted by Crippen LogP contribution is 2.21. The van der Waals surface area contributed by atoms with Gasteiger partial charge in [-0.3, -0.25) is 9.59 Å². The zero-order chi connectivity index (χ0) is 17.8. The van der Waals surface area contributed by atoms with Crippen LogP contribution in [0, 0.1) is 17.6 Å². The van der Waals surface area contributed by atoms with E-state index in [-0.39, 0.29) is 24.3 Å². The molecule has 1 atom stereocenters. The molecule has 2 aromatic rings. The van der Waals surface area contributed by atoms with Gasteiger partial charge >= 0.3 is 0 Å². The van der Waals surface area contributed by atoms with E-state index < -0.39 is 11.6 Å². The van der Waals surface area contributed by atoms with Gasteiger partial charge in [0.15, 0.2) is 0 Å². The average Bonchev–Trinajstić information content (AvgIpc) is 2.62. The van der Waals surface area contributed by atoms with E-state index in [0.717, 1.165) is 0 Å². The van der Waals surface area contributed by atoms with Gasteiger partial charge in [0, 0.05) is 24.3 Å². The van der Waals surface area contributed by atoms with Crippen LogP contribution in [0.1, 0.15) is 23.2 Å². The average molecular weight is 344 g/mol. The molecule has 2 aromatic carbocycles. The van der Waals surface area contributed by atoms with Crippen LogP contribution in [0.2, 0.25) is 0 Å². The van der Waals surface area contributed by atoms with E-state index in [1.54, 1.807) is 11.0 Å². The standard InChI is InChI=1S/C19H18F2N2O2/c20-15-8-6-13(7-9-15)19(25)23-10-2-3-14(12-23)18(24)22-17-5-1-4-16(21)11-17/h1,4-9,11,14H,2-3,10,12H2,(H,22,24). The van der Waals surface area contributed by atoms with E-state index >= 15 is 0 Å². The van der Waals surface area contributed by atoms with Crippen molar-refractivity contribution in [3.05, 3.63) is 65.7 Å². The van der Waals surface area contributed by atoms with Crippen LogP contribution < -0.4 is 5.32 Å². The van der Waals surface area contributed by atoms with Crippen molar-refractivity contribution in [2.75, 3.05) is 18.4 Å². The van der Waals surface area contributed by atoms with Gasteiger partial charge in [-0.15, -0.1) is 0 Å². The Morgan fingerprint density at radius 2 is 1.80 bits per heavy atom. The molecule has 3 rings (SSSR count). The summed E-state index contributed by atoms with van der Waals surface area (Å²) in [4.78, 5) is 26.5. The highest BCUT2D eigenvalue weighted by atomic mass is 19.1. The Hall–Kier alpha value is -2.76. The molecule has 0 saturated carbocycles. The quantitative estimate of drug-likeness (QED) is 0.927. The second kappa shape index (κ2) is 7.42. The normalized spacial score (nSPS) is 17.2. The van der Waals surface area contributed by atoms with Crippen LogP contribution >= 0.6 is 0 Å². The number of amides is 2. The molecule has 130 valence electrons. The molecule has 0 aromatic heterocycles. The van der Waals surface area contributed by atoms with E-state index in [1.165, 1.54) is 42.5 Å². The fourth-order valence-electron chi connectivity index (χ4n) is 2.96. The minimum atomic E-state index is -0.422. The minimum absolute atomic E-state index is 0.219. The second-order valence-corrected chi connectivity index (χ2v) is 6.10. The van der Waals surface area contributed by atoms with E-state index in [2.05, 4.69) is 5.32 Å². The summed E-state index contributed by atoms with van der Waals surface area (Å²) in [6.07, 6.45) is 1.36. The molecule has 2 amide bonds. The van der Waals surface area contributed by atoms with Crippen molar-refractivity contribution in [3.8, 4) is 0 Å². The molecular weight excluding hydrogens is 326 g/mol. The number of carbonyl (C=O) groups is 2. The molecule has 1 N–H and O–H groups in total. The van der Waals surface area contributed by atoms with Gasteiger partial charge in [-0.25, -0.2) is 8.78 Å². The van der Waals surface area contributed by atoms with Gasteiger partial charge in [0.05, 0.1) is 5.92 Å². The molecule has 1 aliphatic heterocycles. The predicted molar refractivity (Wildman–Crippen MR) is 90.1 cm³/mol. The lowest BCUT2D eigenvalue weighted by Crippen LogP contribution is -2.43. The summed E-state index contributed by atoms with van der Waals surface area (Å²) in [6, 6.07) is 11.1. The van der Waals surface area contributed by atoms with Crippen molar-refractivity contribution in [1.82, 2.24) is 4.90 Å². The molecule has 1 saturated heterocycles. The SMILES string of the molecule is O=C(Nc1cccc(F)c1)C1CCCN(C(=O)c2ccc(F)cc2)C1. The summed E-state index contributed by atoms with van der Waals surface area (Å²) >= 11 is 0. The lowest BCUT2D eigenvalue weighted by Gasteiger charge is -2.32. The van der Waals surface area contributed by atoms with Crippen LogP contribution in [0.5, 0.6) is 0 Å². The number of benzene rings is 2. The van der Waals surface area contributed by atoms with Crippen molar-refractivity contribution >= 4 is 17.5 Å². The fourth-order valence-corrected chi connectivity index (χ4v) is 2.96. The minimum Gasteiger partial charge on any atom is -0.338 e. The van der Waals surface area contributed by atoms with Gasteiger partial charge in [0.1, 0.15) is 11.6 Å². The van der Waals surface area contributed by atoms with Crippen LogP contribution in [0.3, 0.4) is 0 Å². The van der Waals surface area contributed by atoms with Gasteiger partial charge in [0.25, 0.3) is 5.91 Å². The molecule has 1 fully saturated rings. The molecule has 1 aliphatic rings. The van der Waals surface area contributed by atoms with Gasteiger partial charge in [-0.05, 0) is 55.3 Å². The lowest BCUT2D eigenvalue weighted by molar-refractivity contribution is -0.121. The first-order valence-electron chi connectivity index (χ1n) is 8.14. The number of hydrogen-bond acceptors (Lipinski definition) is 2. The Morgan fingerprint density at radius 3 is 2.52 bits per heavy atom. The molecule has 0 aliphatic carbocycles. The lowest BCUT2D eigenvalue weighted by atomic mass is 9.96. The van der Waals surface area contributed by atoms with E-state index in [1.807, 2.05) is 0 Å². The Labute approximate surface area is 144 Å². The molecule has 4 nitrogen and oxygen atoms in total.